The molecular formula is C25H24N6O2. The summed E-state index contributed by atoms with van der Waals surface area (Å²) in [4.78, 5) is 26.6. The lowest BCUT2D eigenvalue weighted by Crippen LogP contribution is -2.24. The summed E-state index contributed by atoms with van der Waals surface area (Å²) in [6, 6.07) is 11.8. The van der Waals surface area contributed by atoms with E-state index in [2.05, 4.69) is 26.4 Å². The predicted molar refractivity (Wildman–Crippen MR) is 123 cm³/mol. The summed E-state index contributed by atoms with van der Waals surface area (Å²) in [6.45, 7) is 4.11. The molecule has 166 valence electrons. The van der Waals surface area contributed by atoms with Crippen molar-refractivity contribution in [3.8, 4) is 23.0 Å². The van der Waals surface area contributed by atoms with E-state index in [-0.39, 0.29) is 5.91 Å². The van der Waals surface area contributed by atoms with Crippen LogP contribution >= 0.6 is 0 Å². The zero-order chi connectivity index (χ0) is 22.9. The van der Waals surface area contributed by atoms with Crippen LogP contribution in [0, 0.1) is 13.8 Å². The second-order valence-corrected chi connectivity index (χ2v) is 8.08. The quantitative estimate of drug-likeness (QED) is 0.511. The Morgan fingerprint density at radius 2 is 1.94 bits per heavy atom. The first-order chi connectivity index (χ1) is 16.0. The summed E-state index contributed by atoms with van der Waals surface area (Å²) in [5.74, 6) is 1.01. The van der Waals surface area contributed by atoms with Crippen LogP contribution in [-0.4, -0.2) is 37.7 Å². The van der Waals surface area contributed by atoms with Crippen LogP contribution in [0.2, 0.25) is 0 Å². The lowest BCUT2D eigenvalue weighted by atomic mass is 9.90. The first-order valence-electron chi connectivity index (χ1n) is 10.8. The number of nitrogens with zero attached hydrogens (tertiary/aromatic N) is 5. The molecule has 1 amide bonds. The van der Waals surface area contributed by atoms with Crippen molar-refractivity contribution < 1.29 is 9.53 Å². The number of ether oxygens (including phenoxy) is 1. The molecule has 4 aromatic rings. The van der Waals surface area contributed by atoms with Gasteiger partial charge in [-0.05, 0) is 62.1 Å². The van der Waals surface area contributed by atoms with E-state index >= 15 is 0 Å². The third-order valence-corrected chi connectivity index (χ3v) is 5.91. The van der Waals surface area contributed by atoms with Crippen LogP contribution < -0.4 is 10.1 Å². The van der Waals surface area contributed by atoms with Crippen LogP contribution in [0.3, 0.4) is 0 Å². The normalized spacial score (nSPS) is 12.1. The van der Waals surface area contributed by atoms with Gasteiger partial charge in [-0.2, -0.15) is 5.10 Å². The first-order valence-corrected chi connectivity index (χ1v) is 10.8. The molecule has 3 aromatic heterocycles. The number of nitrogens with one attached hydrogen (secondary N) is 1. The molecule has 8 heteroatoms. The lowest BCUT2D eigenvalue weighted by molar-refractivity contribution is 0.0949. The highest BCUT2D eigenvalue weighted by molar-refractivity contribution is 5.95. The Hall–Kier alpha value is -4.07. The number of rotatable bonds is 5. The number of benzene rings is 1. The Balaban J connectivity index is 1.42. The highest BCUT2D eigenvalue weighted by atomic mass is 16.5. The summed E-state index contributed by atoms with van der Waals surface area (Å²) in [6.07, 6.45) is 5.22. The van der Waals surface area contributed by atoms with Crippen molar-refractivity contribution in [2.24, 2.45) is 0 Å². The van der Waals surface area contributed by atoms with Crippen molar-refractivity contribution in [3.63, 3.8) is 0 Å². The highest BCUT2D eigenvalue weighted by Gasteiger charge is 2.22. The van der Waals surface area contributed by atoms with Gasteiger partial charge < -0.3 is 10.1 Å². The smallest absolute Gasteiger partial charge is 0.255 e. The molecule has 1 aliphatic rings. The van der Waals surface area contributed by atoms with E-state index in [1.807, 2.05) is 50.4 Å². The van der Waals surface area contributed by atoms with Crippen LogP contribution in [0.4, 0.5) is 0 Å². The molecule has 1 N–H and O–H groups in total. The Morgan fingerprint density at radius 1 is 1.09 bits per heavy atom. The van der Waals surface area contributed by atoms with Crippen molar-refractivity contribution in [3.05, 3.63) is 82.6 Å². The van der Waals surface area contributed by atoms with Gasteiger partial charge in [-0.25, -0.2) is 14.6 Å². The molecule has 8 nitrogen and oxygen atoms in total. The number of hydrogen-bond acceptors (Lipinski definition) is 6. The summed E-state index contributed by atoms with van der Waals surface area (Å²) >= 11 is 0. The fourth-order valence-corrected chi connectivity index (χ4v) is 4.10. The minimum absolute atomic E-state index is 0.213. The van der Waals surface area contributed by atoms with Gasteiger partial charge >= 0.3 is 0 Å². The molecule has 3 heterocycles. The van der Waals surface area contributed by atoms with Crippen molar-refractivity contribution in [2.45, 2.75) is 33.2 Å². The molecule has 5 rings (SSSR count). The van der Waals surface area contributed by atoms with Gasteiger partial charge in [-0.1, -0.05) is 12.1 Å². The largest absolute Gasteiger partial charge is 0.497 e. The van der Waals surface area contributed by atoms with Gasteiger partial charge in [0.2, 0.25) is 0 Å². The number of fused-ring (bicyclic) bond motifs is 3. The van der Waals surface area contributed by atoms with E-state index in [9.17, 15) is 4.79 Å². The minimum Gasteiger partial charge on any atom is -0.497 e. The molecule has 0 spiro atoms. The van der Waals surface area contributed by atoms with Gasteiger partial charge in [0.15, 0.2) is 0 Å². The number of hydrogen-bond donors (Lipinski definition) is 1. The zero-order valence-corrected chi connectivity index (χ0v) is 18.8. The van der Waals surface area contributed by atoms with Gasteiger partial charge in [0.1, 0.15) is 5.75 Å². The molecule has 33 heavy (non-hydrogen) atoms. The number of carbonyl (C=O) groups is 1. The standard InChI is InChI=1S/C25H24N6O2/c1-15-5-4-6-19(29-15)13-26-24(32)22-14-28-31(16(22)2)25-27-12-18-8-7-17-9-10-20(33-3)11-21(17)23(18)30-25/h4-6,9-12,14H,7-8,13H2,1-3H3,(H,26,32). The highest BCUT2D eigenvalue weighted by Crippen LogP contribution is 2.34. The van der Waals surface area contributed by atoms with Crippen LogP contribution in [0.1, 0.15) is 38.6 Å². The van der Waals surface area contributed by atoms with Gasteiger partial charge in [0, 0.05) is 17.5 Å². The Kier molecular flexibility index (Phi) is 5.34. The summed E-state index contributed by atoms with van der Waals surface area (Å²) in [5.41, 5.74) is 7.12. The van der Waals surface area contributed by atoms with Crippen molar-refractivity contribution in [2.75, 3.05) is 7.11 Å². The molecule has 0 radical (unpaired) electrons. The van der Waals surface area contributed by atoms with Crippen molar-refractivity contribution >= 4 is 5.91 Å². The average molecular weight is 441 g/mol. The lowest BCUT2D eigenvalue weighted by Gasteiger charge is -2.19. The Morgan fingerprint density at radius 3 is 2.76 bits per heavy atom. The average Bonchev–Trinajstić information content (AvgIpc) is 3.23. The second kappa shape index (κ2) is 8.46. The number of amides is 1. The predicted octanol–water partition coefficient (Wildman–Crippen LogP) is 3.38. The maximum absolute atomic E-state index is 12.8. The maximum Gasteiger partial charge on any atom is 0.255 e. The summed E-state index contributed by atoms with van der Waals surface area (Å²) in [7, 11) is 1.66. The fourth-order valence-electron chi connectivity index (χ4n) is 4.10. The molecule has 0 aliphatic heterocycles. The van der Waals surface area contributed by atoms with Crippen LogP contribution in [-0.2, 0) is 19.4 Å². The number of methoxy groups -OCH3 is 1. The fraction of sp³-hybridized carbons (Fsp3) is 0.240. The van der Waals surface area contributed by atoms with E-state index in [4.69, 9.17) is 9.72 Å². The zero-order valence-electron chi connectivity index (χ0n) is 18.8. The van der Waals surface area contributed by atoms with E-state index in [0.717, 1.165) is 46.8 Å². The molecule has 1 aliphatic carbocycles. The molecule has 1 aromatic carbocycles. The molecule has 0 saturated carbocycles. The van der Waals surface area contributed by atoms with Crippen molar-refractivity contribution in [1.29, 1.82) is 0 Å². The molecule has 0 bridgehead atoms. The Bertz CT molecular complexity index is 1360. The first kappa shape index (κ1) is 20.8. The minimum atomic E-state index is -0.213. The van der Waals surface area contributed by atoms with Gasteiger partial charge in [-0.15, -0.1) is 0 Å². The van der Waals surface area contributed by atoms with E-state index in [0.29, 0.717) is 23.8 Å². The number of pyridine rings is 1. The topological polar surface area (TPSA) is 94.8 Å². The van der Waals surface area contributed by atoms with Crippen LogP contribution in [0.5, 0.6) is 5.75 Å². The SMILES string of the molecule is COc1ccc2c(c1)-c1nc(-n3ncc(C(=O)NCc4cccc(C)n4)c3C)ncc1CC2. The third-order valence-electron chi connectivity index (χ3n) is 5.91. The van der Waals surface area contributed by atoms with Crippen LogP contribution in [0.15, 0.2) is 48.8 Å². The molecule has 0 unspecified atom stereocenters. The molecule has 0 fully saturated rings. The molecular weight excluding hydrogens is 416 g/mol. The molecule has 0 atom stereocenters. The van der Waals surface area contributed by atoms with E-state index in [1.54, 1.807) is 18.0 Å². The third kappa shape index (κ3) is 3.95. The van der Waals surface area contributed by atoms with Crippen molar-refractivity contribution in [1.82, 2.24) is 30.0 Å². The summed E-state index contributed by atoms with van der Waals surface area (Å²) < 4.78 is 7.02. The molecule has 0 saturated heterocycles. The van der Waals surface area contributed by atoms with E-state index < -0.39 is 0 Å². The number of carbonyl (C=O) groups excluding carboxylic acids is 1. The number of aromatic nitrogens is 5. The Labute approximate surface area is 191 Å². The van der Waals surface area contributed by atoms with Gasteiger partial charge in [0.25, 0.3) is 11.9 Å². The van der Waals surface area contributed by atoms with Crippen LogP contribution in [0.25, 0.3) is 17.2 Å². The maximum atomic E-state index is 12.8. The second-order valence-electron chi connectivity index (χ2n) is 8.08. The van der Waals surface area contributed by atoms with E-state index in [1.165, 1.54) is 5.56 Å². The number of aryl methyl sites for hydroxylation is 3. The monoisotopic (exact) mass is 440 g/mol. The van der Waals surface area contributed by atoms with Gasteiger partial charge in [0.05, 0.1) is 42.5 Å². The summed E-state index contributed by atoms with van der Waals surface area (Å²) in [5, 5.41) is 7.32. The van der Waals surface area contributed by atoms with Gasteiger partial charge in [-0.3, -0.25) is 9.78 Å².